The number of nitrogens with zero attached hydrogens (tertiary/aromatic N) is 1. The number of allylic oxidation sites excluding steroid dienone is 3. The summed E-state index contributed by atoms with van der Waals surface area (Å²) in [4.78, 5) is 2.32. The molecule has 0 N–H and O–H groups in total. The molecule has 0 radical (unpaired) electrons. The van der Waals surface area contributed by atoms with Gasteiger partial charge in [0, 0.05) is 35.8 Å². The maximum atomic E-state index is 6.12. The van der Waals surface area contributed by atoms with E-state index in [0.717, 1.165) is 35.7 Å². The average Bonchev–Trinajstić information content (AvgIpc) is 2.38. The number of fused-ring (bicyclic) bond motifs is 1. The van der Waals surface area contributed by atoms with Crippen LogP contribution in [-0.2, 0) is 0 Å². The van der Waals surface area contributed by atoms with Crippen LogP contribution in [0.5, 0.6) is 5.75 Å². The molecule has 2 heteroatoms. The summed E-state index contributed by atoms with van der Waals surface area (Å²) in [6.45, 7) is 17.0. The van der Waals surface area contributed by atoms with Gasteiger partial charge in [0.1, 0.15) is 11.5 Å². The Balaban J connectivity index is 2.40. The molecule has 1 heterocycles. The molecule has 108 valence electrons. The second-order valence-corrected chi connectivity index (χ2v) is 6.24. The lowest BCUT2D eigenvalue weighted by Crippen LogP contribution is -2.22. The van der Waals surface area contributed by atoms with Gasteiger partial charge in [-0.15, -0.1) is 0 Å². The van der Waals surface area contributed by atoms with Gasteiger partial charge < -0.3 is 9.64 Å². The van der Waals surface area contributed by atoms with Crippen LogP contribution in [0.15, 0.2) is 36.6 Å². The van der Waals surface area contributed by atoms with Crippen LogP contribution in [0.1, 0.15) is 40.2 Å². The Bertz CT molecular complexity index is 545. The van der Waals surface area contributed by atoms with Crippen molar-refractivity contribution in [2.24, 2.45) is 5.41 Å². The van der Waals surface area contributed by atoms with E-state index < -0.39 is 0 Å². The predicted octanol–water partition coefficient (Wildman–Crippen LogP) is 4.87. The average molecular weight is 271 g/mol. The minimum atomic E-state index is -0.00810. The molecule has 0 saturated carbocycles. The lowest BCUT2D eigenvalue weighted by molar-refractivity contribution is 0.291. The van der Waals surface area contributed by atoms with Crippen molar-refractivity contribution in [3.63, 3.8) is 0 Å². The monoisotopic (exact) mass is 271 g/mol. The molecule has 2 rings (SSSR count). The van der Waals surface area contributed by atoms with Crippen LogP contribution in [0.4, 0.5) is 5.69 Å². The molecule has 0 bridgehead atoms. The van der Waals surface area contributed by atoms with Gasteiger partial charge >= 0.3 is 0 Å². The van der Waals surface area contributed by atoms with Gasteiger partial charge in [-0.2, -0.15) is 0 Å². The fourth-order valence-electron chi connectivity index (χ4n) is 2.40. The Labute approximate surface area is 122 Å². The van der Waals surface area contributed by atoms with Gasteiger partial charge in [-0.05, 0) is 37.6 Å². The van der Waals surface area contributed by atoms with Crippen LogP contribution in [0.3, 0.4) is 0 Å². The predicted molar refractivity (Wildman–Crippen MR) is 87.2 cm³/mol. The lowest BCUT2D eigenvalue weighted by atomic mass is 9.89. The van der Waals surface area contributed by atoms with Crippen molar-refractivity contribution >= 4 is 11.3 Å². The van der Waals surface area contributed by atoms with E-state index in [4.69, 9.17) is 4.74 Å². The number of hydrogen-bond acceptors (Lipinski definition) is 2. The highest BCUT2D eigenvalue weighted by molar-refractivity contribution is 5.80. The van der Waals surface area contributed by atoms with Gasteiger partial charge in [0.2, 0.25) is 0 Å². The van der Waals surface area contributed by atoms with Crippen molar-refractivity contribution in [3.05, 3.63) is 42.2 Å². The minimum absolute atomic E-state index is 0.00810. The van der Waals surface area contributed by atoms with E-state index in [1.165, 1.54) is 5.69 Å². The second kappa shape index (κ2) is 5.35. The standard InChI is InChI=1S/C18H25NO/c1-7-19(8-2)14-9-10-15-13(3)11-17(18(4,5)6)20-16(15)12-14/h9-12H,3,7-8H2,1-2,4-6H3. The highest BCUT2D eigenvalue weighted by Crippen LogP contribution is 2.40. The maximum Gasteiger partial charge on any atom is 0.136 e. The van der Waals surface area contributed by atoms with E-state index in [1.807, 2.05) is 0 Å². The zero-order chi connectivity index (χ0) is 14.9. The molecular formula is C18H25NO. The van der Waals surface area contributed by atoms with Crippen molar-refractivity contribution in [2.75, 3.05) is 18.0 Å². The fourth-order valence-corrected chi connectivity index (χ4v) is 2.40. The third kappa shape index (κ3) is 2.74. The number of ether oxygens (including phenoxy) is 1. The first-order chi connectivity index (χ1) is 9.36. The molecular weight excluding hydrogens is 246 g/mol. The van der Waals surface area contributed by atoms with E-state index >= 15 is 0 Å². The van der Waals surface area contributed by atoms with Gasteiger partial charge in [-0.1, -0.05) is 27.4 Å². The van der Waals surface area contributed by atoms with Crippen molar-refractivity contribution < 1.29 is 4.74 Å². The van der Waals surface area contributed by atoms with E-state index in [-0.39, 0.29) is 5.41 Å². The number of anilines is 1. The maximum absolute atomic E-state index is 6.12. The van der Waals surface area contributed by atoms with Gasteiger partial charge in [-0.3, -0.25) is 0 Å². The van der Waals surface area contributed by atoms with Crippen molar-refractivity contribution in [1.29, 1.82) is 0 Å². The Morgan fingerprint density at radius 1 is 1.15 bits per heavy atom. The topological polar surface area (TPSA) is 12.5 Å². The first-order valence-corrected chi connectivity index (χ1v) is 7.35. The molecule has 0 spiro atoms. The molecule has 0 aromatic heterocycles. The summed E-state index contributed by atoms with van der Waals surface area (Å²) >= 11 is 0. The zero-order valence-corrected chi connectivity index (χ0v) is 13.3. The zero-order valence-electron chi connectivity index (χ0n) is 13.3. The van der Waals surface area contributed by atoms with Crippen LogP contribution in [0, 0.1) is 5.41 Å². The molecule has 0 fully saturated rings. The van der Waals surface area contributed by atoms with Crippen LogP contribution in [0.2, 0.25) is 0 Å². The van der Waals surface area contributed by atoms with Gasteiger partial charge in [0.15, 0.2) is 0 Å². The Morgan fingerprint density at radius 2 is 1.80 bits per heavy atom. The first-order valence-electron chi connectivity index (χ1n) is 7.35. The number of hydrogen-bond donors (Lipinski definition) is 0. The summed E-state index contributed by atoms with van der Waals surface area (Å²) in [5, 5.41) is 0. The Kier molecular flexibility index (Phi) is 3.94. The SMILES string of the molecule is C=C1C=C(C(C)(C)C)Oc2cc(N(CC)CC)ccc21. The molecule has 0 atom stereocenters. The van der Waals surface area contributed by atoms with E-state index in [2.05, 4.69) is 70.4 Å². The van der Waals surface area contributed by atoms with Gasteiger partial charge in [0.25, 0.3) is 0 Å². The third-order valence-electron chi connectivity index (χ3n) is 3.70. The summed E-state index contributed by atoms with van der Waals surface area (Å²) in [7, 11) is 0. The summed E-state index contributed by atoms with van der Waals surface area (Å²) in [6, 6.07) is 6.39. The molecule has 0 aliphatic carbocycles. The summed E-state index contributed by atoms with van der Waals surface area (Å²) < 4.78 is 6.12. The molecule has 1 aliphatic rings. The molecule has 0 unspecified atom stereocenters. The quantitative estimate of drug-likeness (QED) is 0.777. The molecule has 2 nitrogen and oxygen atoms in total. The molecule has 20 heavy (non-hydrogen) atoms. The molecule has 1 aromatic rings. The summed E-state index contributed by atoms with van der Waals surface area (Å²) in [5.74, 6) is 1.90. The minimum Gasteiger partial charge on any atom is -0.460 e. The van der Waals surface area contributed by atoms with Crippen LogP contribution < -0.4 is 9.64 Å². The number of benzene rings is 1. The lowest BCUT2D eigenvalue weighted by Gasteiger charge is -2.29. The van der Waals surface area contributed by atoms with E-state index in [1.54, 1.807) is 0 Å². The van der Waals surface area contributed by atoms with Crippen LogP contribution in [0.25, 0.3) is 5.57 Å². The summed E-state index contributed by atoms with van der Waals surface area (Å²) in [5.41, 5.74) is 3.32. The van der Waals surface area contributed by atoms with E-state index in [9.17, 15) is 0 Å². The highest BCUT2D eigenvalue weighted by atomic mass is 16.5. The third-order valence-corrected chi connectivity index (χ3v) is 3.70. The van der Waals surface area contributed by atoms with Gasteiger partial charge in [0.05, 0.1) is 0 Å². The van der Waals surface area contributed by atoms with Crippen molar-refractivity contribution in [2.45, 2.75) is 34.6 Å². The first kappa shape index (κ1) is 14.7. The van der Waals surface area contributed by atoms with Crippen molar-refractivity contribution in [3.8, 4) is 5.75 Å². The van der Waals surface area contributed by atoms with E-state index in [0.29, 0.717) is 0 Å². The Hall–Kier alpha value is -1.70. The van der Waals surface area contributed by atoms with Crippen molar-refractivity contribution in [1.82, 2.24) is 0 Å². The summed E-state index contributed by atoms with van der Waals surface area (Å²) in [6.07, 6.45) is 2.05. The second-order valence-electron chi connectivity index (χ2n) is 6.24. The molecule has 1 aromatic carbocycles. The van der Waals surface area contributed by atoms with Gasteiger partial charge in [-0.25, -0.2) is 0 Å². The smallest absolute Gasteiger partial charge is 0.136 e. The number of rotatable bonds is 3. The normalized spacial score (nSPS) is 14.4. The van der Waals surface area contributed by atoms with Crippen LogP contribution in [-0.4, -0.2) is 13.1 Å². The molecule has 0 amide bonds. The largest absolute Gasteiger partial charge is 0.460 e. The molecule has 0 saturated heterocycles. The fraction of sp³-hybridized carbons (Fsp3) is 0.444. The Morgan fingerprint density at radius 3 is 2.35 bits per heavy atom. The highest BCUT2D eigenvalue weighted by Gasteiger charge is 2.25. The van der Waals surface area contributed by atoms with Crippen LogP contribution >= 0.6 is 0 Å². The molecule has 1 aliphatic heterocycles.